The fraction of sp³-hybridized carbons (Fsp3) is 0.364. The first kappa shape index (κ1) is 17.9. The van der Waals surface area contributed by atoms with Gasteiger partial charge in [0.2, 0.25) is 0 Å². The van der Waals surface area contributed by atoms with E-state index < -0.39 is 0 Å². The zero-order chi connectivity index (χ0) is 18.5. The molecule has 0 aliphatic carbocycles. The number of aromatic nitrogens is 3. The molecule has 2 aromatic heterocycles. The summed E-state index contributed by atoms with van der Waals surface area (Å²) in [5.74, 6) is 0. The Morgan fingerprint density at radius 1 is 1.15 bits per heavy atom. The molecule has 0 unspecified atom stereocenters. The van der Waals surface area contributed by atoms with Crippen LogP contribution in [0.5, 0.6) is 0 Å². The molecule has 1 saturated heterocycles. The summed E-state index contributed by atoms with van der Waals surface area (Å²) < 4.78 is 7.81. The van der Waals surface area contributed by atoms with E-state index in [1.807, 2.05) is 29.2 Å². The van der Waals surface area contributed by atoms with Gasteiger partial charge in [-0.05, 0) is 44.0 Å². The molecule has 1 aliphatic heterocycles. The third-order valence-electron chi connectivity index (χ3n) is 4.94. The lowest BCUT2D eigenvalue weighted by Gasteiger charge is -2.24. The molecule has 1 aromatic carbocycles. The molecule has 5 nitrogen and oxygen atoms in total. The van der Waals surface area contributed by atoms with Gasteiger partial charge in [0.1, 0.15) is 0 Å². The SMILES string of the molecule is Cc1ccc(-n2cc(CN(Cc3ccccn3)C[C@H]3CCCO3)cn2)cc1. The minimum atomic E-state index is 0.320. The summed E-state index contributed by atoms with van der Waals surface area (Å²) in [4.78, 5) is 6.90. The van der Waals surface area contributed by atoms with Crippen LogP contribution in [0, 0.1) is 6.92 Å². The van der Waals surface area contributed by atoms with Gasteiger partial charge in [0.05, 0.1) is 23.7 Å². The molecule has 1 fully saturated rings. The van der Waals surface area contributed by atoms with Crippen molar-refractivity contribution in [3.05, 3.63) is 77.9 Å². The number of rotatable bonds is 7. The van der Waals surface area contributed by atoms with Gasteiger partial charge in [0.25, 0.3) is 0 Å². The summed E-state index contributed by atoms with van der Waals surface area (Å²) in [5.41, 5.74) is 4.62. The van der Waals surface area contributed by atoms with Crippen LogP contribution < -0.4 is 0 Å². The lowest BCUT2D eigenvalue weighted by Crippen LogP contribution is -2.31. The quantitative estimate of drug-likeness (QED) is 0.642. The molecule has 0 saturated carbocycles. The van der Waals surface area contributed by atoms with Crippen LogP contribution in [-0.2, 0) is 17.8 Å². The molecule has 3 aromatic rings. The maximum Gasteiger partial charge on any atom is 0.0703 e. The molecule has 5 heteroatoms. The number of hydrogen-bond donors (Lipinski definition) is 0. The van der Waals surface area contributed by atoms with Crippen molar-refractivity contribution in [3.8, 4) is 5.69 Å². The fourth-order valence-corrected chi connectivity index (χ4v) is 3.52. The van der Waals surface area contributed by atoms with E-state index in [1.54, 1.807) is 0 Å². The Hall–Kier alpha value is -2.50. The van der Waals surface area contributed by atoms with Crippen molar-refractivity contribution >= 4 is 0 Å². The van der Waals surface area contributed by atoms with Gasteiger partial charge in [-0.2, -0.15) is 5.10 Å². The number of benzene rings is 1. The molecule has 27 heavy (non-hydrogen) atoms. The predicted molar refractivity (Wildman–Crippen MR) is 106 cm³/mol. The highest BCUT2D eigenvalue weighted by atomic mass is 16.5. The lowest BCUT2D eigenvalue weighted by molar-refractivity contribution is 0.0675. The largest absolute Gasteiger partial charge is 0.377 e. The van der Waals surface area contributed by atoms with Gasteiger partial charge in [-0.3, -0.25) is 9.88 Å². The second-order valence-electron chi connectivity index (χ2n) is 7.25. The Balaban J connectivity index is 1.47. The zero-order valence-corrected chi connectivity index (χ0v) is 15.8. The van der Waals surface area contributed by atoms with E-state index in [1.165, 1.54) is 11.1 Å². The van der Waals surface area contributed by atoms with E-state index in [2.05, 4.69) is 58.4 Å². The van der Waals surface area contributed by atoms with Crippen LogP contribution in [0.25, 0.3) is 5.69 Å². The van der Waals surface area contributed by atoms with Crippen LogP contribution in [0.15, 0.2) is 61.1 Å². The van der Waals surface area contributed by atoms with Crippen molar-refractivity contribution in [1.29, 1.82) is 0 Å². The highest BCUT2D eigenvalue weighted by molar-refractivity contribution is 5.34. The molecule has 0 amide bonds. The number of ether oxygens (including phenoxy) is 1. The van der Waals surface area contributed by atoms with Gasteiger partial charge < -0.3 is 4.74 Å². The van der Waals surface area contributed by atoms with E-state index in [0.29, 0.717) is 6.10 Å². The van der Waals surface area contributed by atoms with Crippen LogP contribution in [0.3, 0.4) is 0 Å². The summed E-state index contributed by atoms with van der Waals surface area (Å²) in [5, 5.41) is 4.55. The van der Waals surface area contributed by atoms with E-state index >= 15 is 0 Å². The lowest BCUT2D eigenvalue weighted by atomic mass is 10.2. The van der Waals surface area contributed by atoms with E-state index in [0.717, 1.165) is 50.5 Å². The van der Waals surface area contributed by atoms with E-state index in [-0.39, 0.29) is 0 Å². The molecule has 1 atom stereocenters. The van der Waals surface area contributed by atoms with Gasteiger partial charge in [0, 0.05) is 44.2 Å². The van der Waals surface area contributed by atoms with Crippen molar-refractivity contribution in [2.75, 3.05) is 13.2 Å². The highest BCUT2D eigenvalue weighted by Crippen LogP contribution is 2.17. The third kappa shape index (κ3) is 4.81. The highest BCUT2D eigenvalue weighted by Gasteiger charge is 2.20. The standard InChI is InChI=1S/C22H26N4O/c1-18-7-9-21(10-8-18)26-15-19(13-24-26)14-25(17-22-6-4-12-27-22)16-20-5-2-3-11-23-20/h2-3,5,7-11,13,15,22H,4,6,12,14,16-17H2,1H3/t22-/m1/s1. The van der Waals surface area contributed by atoms with Crippen molar-refractivity contribution in [1.82, 2.24) is 19.7 Å². The number of pyridine rings is 1. The molecule has 4 rings (SSSR count). The van der Waals surface area contributed by atoms with Gasteiger partial charge >= 0.3 is 0 Å². The summed E-state index contributed by atoms with van der Waals surface area (Å²) in [6.07, 6.45) is 8.55. The molecule has 1 aliphatic rings. The van der Waals surface area contributed by atoms with Crippen LogP contribution >= 0.6 is 0 Å². The molecular weight excluding hydrogens is 336 g/mol. The Labute approximate surface area is 160 Å². The van der Waals surface area contributed by atoms with E-state index in [4.69, 9.17) is 4.74 Å². The summed E-state index contributed by atoms with van der Waals surface area (Å²) in [6.45, 7) is 5.55. The van der Waals surface area contributed by atoms with Crippen molar-refractivity contribution in [2.24, 2.45) is 0 Å². The van der Waals surface area contributed by atoms with Gasteiger partial charge in [-0.1, -0.05) is 23.8 Å². The average molecular weight is 362 g/mol. The Morgan fingerprint density at radius 2 is 2.04 bits per heavy atom. The second kappa shape index (κ2) is 8.46. The monoisotopic (exact) mass is 362 g/mol. The Kier molecular flexibility index (Phi) is 5.61. The first-order valence-corrected chi connectivity index (χ1v) is 9.61. The van der Waals surface area contributed by atoms with Crippen LogP contribution in [0.2, 0.25) is 0 Å². The molecule has 0 N–H and O–H groups in total. The first-order valence-electron chi connectivity index (χ1n) is 9.61. The topological polar surface area (TPSA) is 43.2 Å². The van der Waals surface area contributed by atoms with Gasteiger partial charge in [0.15, 0.2) is 0 Å². The first-order chi connectivity index (χ1) is 13.3. The number of aryl methyl sites for hydroxylation is 1. The van der Waals surface area contributed by atoms with Crippen LogP contribution in [0.1, 0.15) is 29.7 Å². The Morgan fingerprint density at radius 3 is 2.78 bits per heavy atom. The maximum atomic E-state index is 5.86. The molecule has 3 heterocycles. The number of hydrogen-bond acceptors (Lipinski definition) is 4. The van der Waals surface area contributed by atoms with Crippen molar-refractivity contribution in [2.45, 2.75) is 39.0 Å². The van der Waals surface area contributed by atoms with Crippen LogP contribution in [-0.4, -0.2) is 38.9 Å². The summed E-state index contributed by atoms with van der Waals surface area (Å²) >= 11 is 0. The molecular formula is C22H26N4O. The summed E-state index contributed by atoms with van der Waals surface area (Å²) in [6, 6.07) is 14.5. The summed E-state index contributed by atoms with van der Waals surface area (Å²) in [7, 11) is 0. The average Bonchev–Trinajstić information content (AvgIpc) is 3.35. The Bertz CT molecular complexity index is 838. The van der Waals surface area contributed by atoms with Gasteiger partial charge in [-0.15, -0.1) is 0 Å². The zero-order valence-electron chi connectivity index (χ0n) is 15.8. The smallest absolute Gasteiger partial charge is 0.0703 e. The van der Waals surface area contributed by atoms with E-state index in [9.17, 15) is 0 Å². The minimum absolute atomic E-state index is 0.320. The normalized spacial score (nSPS) is 16.9. The third-order valence-corrected chi connectivity index (χ3v) is 4.94. The molecule has 0 bridgehead atoms. The minimum Gasteiger partial charge on any atom is -0.377 e. The predicted octanol–water partition coefficient (Wildman–Crippen LogP) is 3.76. The second-order valence-corrected chi connectivity index (χ2v) is 7.25. The van der Waals surface area contributed by atoms with Gasteiger partial charge in [-0.25, -0.2) is 4.68 Å². The van der Waals surface area contributed by atoms with Crippen molar-refractivity contribution < 1.29 is 4.74 Å². The molecule has 0 spiro atoms. The molecule has 0 radical (unpaired) electrons. The van der Waals surface area contributed by atoms with Crippen LogP contribution in [0.4, 0.5) is 0 Å². The van der Waals surface area contributed by atoms with Crippen molar-refractivity contribution in [3.63, 3.8) is 0 Å². The maximum absolute atomic E-state index is 5.86. The molecule has 140 valence electrons. The number of nitrogens with zero attached hydrogens (tertiary/aromatic N) is 4. The fourth-order valence-electron chi connectivity index (χ4n) is 3.52.